The van der Waals surface area contributed by atoms with Crippen molar-refractivity contribution in [1.29, 1.82) is 0 Å². The fraction of sp³-hybridized carbons (Fsp3) is 0.462. The Morgan fingerprint density at radius 2 is 2.32 bits per heavy atom. The van der Waals surface area contributed by atoms with Crippen molar-refractivity contribution in [3.63, 3.8) is 0 Å². The zero-order chi connectivity index (χ0) is 13.6. The Balaban J connectivity index is 2.03. The monoisotopic (exact) mass is 277 g/mol. The largest absolute Gasteiger partial charge is 0.327 e. The van der Waals surface area contributed by atoms with Gasteiger partial charge in [0.05, 0.1) is 20.1 Å². The van der Waals surface area contributed by atoms with Gasteiger partial charge in [0.25, 0.3) is 5.69 Å². The number of thiazole rings is 1. The van der Waals surface area contributed by atoms with Crippen LogP contribution in [0.1, 0.15) is 23.4 Å². The third kappa shape index (κ3) is 2.46. The molecule has 0 spiro atoms. The molecule has 19 heavy (non-hydrogen) atoms. The zero-order valence-corrected chi connectivity index (χ0v) is 11.4. The highest BCUT2D eigenvalue weighted by Gasteiger charge is 2.30. The summed E-state index contributed by atoms with van der Waals surface area (Å²) >= 11 is 1.48. The van der Waals surface area contributed by atoms with E-state index in [0.29, 0.717) is 17.9 Å². The first-order valence-corrected chi connectivity index (χ1v) is 7.16. The summed E-state index contributed by atoms with van der Waals surface area (Å²) in [5.74, 6) is 0.535. The first kappa shape index (κ1) is 12.5. The third-order valence-corrected chi connectivity index (χ3v) is 4.51. The summed E-state index contributed by atoms with van der Waals surface area (Å²) in [5.41, 5.74) is 7.81. The number of nitrogens with two attached hydrogens (primary N) is 1. The fourth-order valence-corrected chi connectivity index (χ4v) is 3.24. The number of hydrogen-bond acceptors (Lipinski definition) is 5. The maximum Gasteiger partial charge on any atom is 0.274 e. The Bertz CT molecular complexity index is 649. The van der Waals surface area contributed by atoms with Crippen molar-refractivity contribution in [3.8, 4) is 0 Å². The van der Waals surface area contributed by atoms with Crippen LogP contribution in [-0.4, -0.2) is 15.9 Å². The number of nitrogens with zero attached hydrogens (tertiary/aromatic N) is 2. The highest BCUT2D eigenvalue weighted by Crippen LogP contribution is 2.35. The molecule has 0 saturated heterocycles. The number of aryl methyl sites for hydroxylation is 1. The number of nitro groups is 1. The Kier molecular flexibility index (Phi) is 2.99. The maximum absolute atomic E-state index is 11.2. The molecule has 1 aromatic carbocycles. The number of fused-ring (bicyclic) bond motifs is 1. The van der Waals surface area contributed by atoms with Crippen LogP contribution in [-0.2, 0) is 6.42 Å². The molecule has 1 saturated carbocycles. The Labute approximate surface area is 114 Å². The van der Waals surface area contributed by atoms with E-state index in [1.807, 2.05) is 13.0 Å². The molecule has 1 unspecified atom stereocenters. The number of rotatable bonds is 4. The fourth-order valence-electron chi connectivity index (χ4n) is 2.40. The Morgan fingerprint density at radius 3 is 2.95 bits per heavy atom. The normalized spacial score (nSPS) is 16.7. The summed E-state index contributed by atoms with van der Waals surface area (Å²) in [6.45, 7) is 1.91. The van der Waals surface area contributed by atoms with E-state index in [4.69, 9.17) is 5.73 Å². The lowest BCUT2D eigenvalue weighted by Crippen LogP contribution is -2.25. The quantitative estimate of drug-likeness (QED) is 0.688. The van der Waals surface area contributed by atoms with Gasteiger partial charge < -0.3 is 5.73 Å². The summed E-state index contributed by atoms with van der Waals surface area (Å²) in [6, 6.07) is 3.49. The molecule has 1 atom stereocenters. The van der Waals surface area contributed by atoms with Crippen LogP contribution < -0.4 is 5.73 Å². The summed E-state index contributed by atoms with van der Waals surface area (Å²) in [4.78, 5) is 15.3. The molecule has 1 aliphatic carbocycles. The standard InChI is InChI=1S/C13H15N3O2S/c1-7-15-11-5-9(4-10(14)8-2-3-8)12(16(17)18)6-13(11)19-7/h5-6,8,10H,2-4,14H2,1H3. The minimum atomic E-state index is -0.316. The van der Waals surface area contributed by atoms with Gasteiger partial charge in [-0.3, -0.25) is 10.1 Å². The smallest absolute Gasteiger partial charge is 0.274 e. The van der Waals surface area contributed by atoms with E-state index >= 15 is 0 Å². The van der Waals surface area contributed by atoms with Crippen LogP contribution in [0.2, 0.25) is 0 Å². The lowest BCUT2D eigenvalue weighted by molar-refractivity contribution is -0.385. The molecule has 1 aromatic heterocycles. The van der Waals surface area contributed by atoms with E-state index in [1.54, 1.807) is 6.07 Å². The Hall–Kier alpha value is -1.53. The van der Waals surface area contributed by atoms with Gasteiger partial charge in [0.1, 0.15) is 0 Å². The van der Waals surface area contributed by atoms with Crippen LogP contribution in [0, 0.1) is 23.0 Å². The van der Waals surface area contributed by atoms with Crippen LogP contribution in [0.15, 0.2) is 12.1 Å². The SMILES string of the molecule is Cc1nc2cc(CC(N)C3CC3)c([N+](=O)[O-])cc2s1. The van der Waals surface area contributed by atoms with Crippen LogP contribution >= 0.6 is 11.3 Å². The molecule has 1 aliphatic rings. The number of aromatic nitrogens is 1. The predicted molar refractivity (Wildman–Crippen MR) is 75.4 cm³/mol. The Morgan fingerprint density at radius 1 is 1.58 bits per heavy atom. The van der Waals surface area contributed by atoms with Crippen molar-refractivity contribution in [2.24, 2.45) is 11.7 Å². The molecule has 5 nitrogen and oxygen atoms in total. The average molecular weight is 277 g/mol. The number of nitro benzene ring substituents is 1. The minimum absolute atomic E-state index is 0.0240. The second-order valence-corrected chi connectivity index (χ2v) is 6.38. The van der Waals surface area contributed by atoms with Crippen molar-refractivity contribution in [1.82, 2.24) is 4.98 Å². The second-order valence-electron chi connectivity index (χ2n) is 5.14. The van der Waals surface area contributed by atoms with Crippen molar-refractivity contribution < 1.29 is 4.92 Å². The molecule has 3 rings (SSSR count). The van der Waals surface area contributed by atoms with Crippen molar-refractivity contribution in [2.45, 2.75) is 32.2 Å². The molecule has 0 bridgehead atoms. The van der Waals surface area contributed by atoms with E-state index in [9.17, 15) is 10.1 Å². The molecular weight excluding hydrogens is 262 g/mol. The number of hydrogen-bond donors (Lipinski definition) is 1. The van der Waals surface area contributed by atoms with Gasteiger partial charge in [-0.2, -0.15) is 0 Å². The van der Waals surface area contributed by atoms with E-state index in [0.717, 1.165) is 28.1 Å². The molecule has 1 heterocycles. The van der Waals surface area contributed by atoms with Gasteiger partial charge in [-0.15, -0.1) is 11.3 Å². The van der Waals surface area contributed by atoms with Gasteiger partial charge in [0.15, 0.2) is 0 Å². The minimum Gasteiger partial charge on any atom is -0.327 e. The van der Waals surface area contributed by atoms with Crippen LogP contribution in [0.4, 0.5) is 5.69 Å². The predicted octanol–water partition coefficient (Wildman–Crippen LogP) is 2.79. The summed E-state index contributed by atoms with van der Waals surface area (Å²) in [6.07, 6.45) is 2.85. The van der Waals surface area contributed by atoms with E-state index in [-0.39, 0.29) is 16.7 Å². The topological polar surface area (TPSA) is 82.0 Å². The maximum atomic E-state index is 11.2. The van der Waals surface area contributed by atoms with Crippen molar-refractivity contribution in [2.75, 3.05) is 0 Å². The van der Waals surface area contributed by atoms with E-state index in [1.165, 1.54) is 11.3 Å². The molecule has 100 valence electrons. The molecule has 2 N–H and O–H groups in total. The van der Waals surface area contributed by atoms with Gasteiger partial charge in [-0.25, -0.2) is 4.98 Å². The third-order valence-electron chi connectivity index (χ3n) is 3.58. The number of benzene rings is 1. The first-order chi connectivity index (χ1) is 9.04. The van der Waals surface area contributed by atoms with Gasteiger partial charge in [-0.05, 0) is 38.2 Å². The average Bonchev–Trinajstić information content (AvgIpc) is 3.11. The highest BCUT2D eigenvalue weighted by atomic mass is 32.1. The zero-order valence-electron chi connectivity index (χ0n) is 10.6. The molecule has 0 aliphatic heterocycles. The van der Waals surface area contributed by atoms with Crippen LogP contribution in [0.25, 0.3) is 10.2 Å². The van der Waals surface area contributed by atoms with Crippen LogP contribution in [0.3, 0.4) is 0 Å². The molecule has 2 aromatic rings. The molecule has 1 fully saturated rings. The van der Waals surface area contributed by atoms with Gasteiger partial charge >= 0.3 is 0 Å². The molecule has 6 heteroatoms. The van der Waals surface area contributed by atoms with E-state index in [2.05, 4.69) is 4.98 Å². The lowest BCUT2D eigenvalue weighted by atomic mass is 10.0. The van der Waals surface area contributed by atoms with Gasteiger partial charge in [0.2, 0.25) is 0 Å². The molecule has 0 amide bonds. The first-order valence-electron chi connectivity index (χ1n) is 6.34. The van der Waals surface area contributed by atoms with Gasteiger partial charge in [-0.1, -0.05) is 0 Å². The summed E-state index contributed by atoms with van der Waals surface area (Å²) in [7, 11) is 0. The van der Waals surface area contributed by atoms with Crippen LogP contribution in [0.5, 0.6) is 0 Å². The molecular formula is C13H15N3O2S. The summed E-state index contributed by atoms with van der Waals surface area (Å²) < 4.78 is 0.868. The molecule has 0 radical (unpaired) electrons. The van der Waals surface area contributed by atoms with Crippen molar-refractivity contribution in [3.05, 3.63) is 32.8 Å². The van der Waals surface area contributed by atoms with Gasteiger partial charge in [0, 0.05) is 17.7 Å². The second kappa shape index (κ2) is 4.54. The van der Waals surface area contributed by atoms with E-state index < -0.39 is 0 Å². The summed E-state index contributed by atoms with van der Waals surface area (Å²) in [5, 5.41) is 12.1. The lowest BCUT2D eigenvalue weighted by Gasteiger charge is -2.10. The highest BCUT2D eigenvalue weighted by molar-refractivity contribution is 7.18. The van der Waals surface area contributed by atoms with Crippen molar-refractivity contribution >= 4 is 27.2 Å².